The molecular weight excluding hydrogens is 272 g/mol. The first-order valence-corrected chi connectivity index (χ1v) is 6.23. The number of hydrogen-bond donors (Lipinski definition) is 1. The van der Waals surface area contributed by atoms with Crippen LogP contribution in [-0.4, -0.2) is 28.6 Å². The molecule has 1 aliphatic heterocycles. The van der Waals surface area contributed by atoms with Crippen LogP contribution in [0, 0.1) is 16.0 Å². The zero-order valence-electron chi connectivity index (χ0n) is 10.2. The van der Waals surface area contributed by atoms with Crippen molar-refractivity contribution in [2.75, 3.05) is 11.4 Å². The first-order valence-electron chi connectivity index (χ1n) is 5.85. The lowest BCUT2D eigenvalue weighted by Crippen LogP contribution is -2.39. The summed E-state index contributed by atoms with van der Waals surface area (Å²) in [7, 11) is 0. The highest BCUT2D eigenvalue weighted by molar-refractivity contribution is 6.31. The number of nitro groups is 1. The number of anilines is 1. The van der Waals surface area contributed by atoms with E-state index in [2.05, 4.69) is 0 Å². The maximum Gasteiger partial charge on any atom is 0.326 e. The molecule has 1 aromatic carbocycles. The molecule has 0 aliphatic carbocycles. The van der Waals surface area contributed by atoms with Gasteiger partial charge in [-0.15, -0.1) is 0 Å². The molecule has 1 saturated heterocycles. The summed E-state index contributed by atoms with van der Waals surface area (Å²) in [6, 6.07) is 3.43. The van der Waals surface area contributed by atoms with Crippen LogP contribution >= 0.6 is 11.6 Å². The van der Waals surface area contributed by atoms with Crippen molar-refractivity contribution in [2.24, 2.45) is 5.92 Å². The van der Waals surface area contributed by atoms with Crippen molar-refractivity contribution in [3.05, 3.63) is 33.3 Å². The lowest BCUT2D eigenvalue weighted by atomic mass is 10.0. The van der Waals surface area contributed by atoms with Gasteiger partial charge in [-0.2, -0.15) is 0 Å². The molecule has 0 saturated carbocycles. The van der Waals surface area contributed by atoms with E-state index >= 15 is 0 Å². The van der Waals surface area contributed by atoms with Gasteiger partial charge in [0.25, 0.3) is 5.69 Å². The summed E-state index contributed by atoms with van der Waals surface area (Å²) < 4.78 is 0. The summed E-state index contributed by atoms with van der Waals surface area (Å²) >= 11 is 5.87. The van der Waals surface area contributed by atoms with E-state index in [0.717, 1.165) is 0 Å². The van der Waals surface area contributed by atoms with Crippen LogP contribution in [0.1, 0.15) is 13.3 Å². The molecule has 0 radical (unpaired) electrons. The highest BCUT2D eigenvalue weighted by Gasteiger charge is 2.39. The number of nitro benzene ring substituents is 1. The number of halogens is 1. The van der Waals surface area contributed by atoms with E-state index in [4.69, 9.17) is 11.6 Å². The smallest absolute Gasteiger partial charge is 0.326 e. The second-order valence-electron chi connectivity index (χ2n) is 4.63. The monoisotopic (exact) mass is 284 g/mol. The molecule has 0 spiro atoms. The van der Waals surface area contributed by atoms with Crippen molar-refractivity contribution in [3.63, 3.8) is 0 Å². The largest absolute Gasteiger partial charge is 0.480 e. The number of aliphatic carboxylic acids is 1. The predicted octanol–water partition coefficient (Wildman–Crippen LogP) is 2.55. The third-order valence-electron chi connectivity index (χ3n) is 3.40. The third-order valence-corrected chi connectivity index (χ3v) is 3.63. The molecule has 19 heavy (non-hydrogen) atoms. The lowest BCUT2D eigenvalue weighted by molar-refractivity contribution is -0.384. The Labute approximate surface area is 114 Å². The van der Waals surface area contributed by atoms with E-state index < -0.39 is 16.9 Å². The normalized spacial score (nSPS) is 22.5. The lowest BCUT2D eigenvalue weighted by Gasteiger charge is -2.25. The molecule has 6 nitrogen and oxygen atoms in total. The van der Waals surface area contributed by atoms with Crippen molar-refractivity contribution in [1.82, 2.24) is 0 Å². The van der Waals surface area contributed by atoms with Gasteiger partial charge in [0, 0.05) is 17.6 Å². The third kappa shape index (κ3) is 2.49. The number of carboxylic acids is 1. The average Bonchev–Trinajstić information content (AvgIpc) is 2.70. The van der Waals surface area contributed by atoms with Gasteiger partial charge in [-0.05, 0) is 24.5 Å². The Hall–Kier alpha value is -1.82. The van der Waals surface area contributed by atoms with E-state index in [1.54, 1.807) is 4.90 Å². The SMILES string of the molecule is CC1CCN(c2cc(Cl)ccc2[N+](=O)[O-])C1C(=O)O. The first-order chi connectivity index (χ1) is 8.91. The van der Waals surface area contributed by atoms with Crippen LogP contribution in [0.25, 0.3) is 0 Å². The van der Waals surface area contributed by atoms with Gasteiger partial charge in [0.05, 0.1) is 4.92 Å². The van der Waals surface area contributed by atoms with Gasteiger partial charge < -0.3 is 10.0 Å². The second kappa shape index (κ2) is 5.05. The molecule has 1 aromatic rings. The van der Waals surface area contributed by atoms with Crippen LogP contribution in [0.5, 0.6) is 0 Å². The summed E-state index contributed by atoms with van der Waals surface area (Å²) in [4.78, 5) is 23.4. The Morgan fingerprint density at radius 1 is 1.58 bits per heavy atom. The Bertz CT molecular complexity index is 534. The van der Waals surface area contributed by atoms with Gasteiger partial charge in [0.15, 0.2) is 0 Å². The van der Waals surface area contributed by atoms with Gasteiger partial charge in [0.1, 0.15) is 11.7 Å². The molecule has 1 N–H and O–H groups in total. The number of hydrogen-bond acceptors (Lipinski definition) is 4. The molecule has 1 fully saturated rings. The van der Waals surface area contributed by atoms with E-state index in [1.807, 2.05) is 6.92 Å². The van der Waals surface area contributed by atoms with Crippen molar-refractivity contribution in [1.29, 1.82) is 0 Å². The maximum absolute atomic E-state index is 11.3. The Balaban J connectivity index is 2.48. The van der Waals surface area contributed by atoms with E-state index in [1.165, 1.54) is 18.2 Å². The van der Waals surface area contributed by atoms with Gasteiger partial charge >= 0.3 is 5.97 Å². The molecule has 2 unspecified atom stereocenters. The Morgan fingerprint density at radius 2 is 2.26 bits per heavy atom. The zero-order chi connectivity index (χ0) is 14.2. The highest BCUT2D eigenvalue weighted by Crippen LogP contribution is 2.37. The molecule has 2 atom stereocenters. The van der Waals surface area contributed by atoms with Gasteiger partial charge in [-0.1, -0.05) is 18.5 Å². The van der Waals surface area contributed by atoms with Crippen molar-refractivity contribution >= 4 is 28.9 Å². The molecule has 0 bridgehead atoms. The van der Waals surface area contributed by atoms with Crippen LogP contribution < -0.4 is 4.90 Å². The minimum Gasteiger partial charge on any atom is -0.480 e. The number of benzene rings is 1. The average molecular weight is 285 g/mol. The molecule has 0 aromatic heterocycles. The molecule has 1 heterocycles. The van der Waals surface area contributed by atoms with Gasteiger partial charge in [0.2, 0.25) is 0 Å². The van der Waals surface area contributed by atoms with E-state index in [-0.39, 0.29) is 17.3 Å². The minimum absolute atomic E-state index is 0.0592. The fraction of sp³-hybridized carbons (Fsp3) is 0.417. The minimum atomic E-state index is -0.973. The predicted molar refractivity (Wildman–Crippen MR) is 70.7 cm³/mol. The zero-order valence-corrected chi connectivity index (χ0v) is 11.0. The van der Waals surface area contributed by atoms with Crippen molar-refractivity contribution in [2.45, 2.75) is 19.4 Å². The fourth-order valence-electron chi connectivity index (χ4n) is 2.47. The van der Waals surface area contributed by atoms with Crippen LogP contribution in [-0.2, 0) is 4.79 Å². The quantitative estimate of drug-likeness (QED) is 0.681. The summed E-state index contributed by atoms with van der Waals surface area (Å²) in [5.74, 6) is -1.03. The summed E-state index contributed by atoms with van der Waals surface area (Å²) in [6.07, 6.45) is 0.681. The number of nitrogens with zero attached hydrogens (tertiary/aromatic N) is 2. The first kappa shape index (κ1) is 13.6. The topological polar surface area (TPSA) is 83.7 Å². The van der Waals surface area contributed by atoms with Crippen molar-refractivity contribution < 1.29 is 14.8 Å². The van der Waals surface area contributed by atoms with E-state index in [9.17, 15) is 20.0 Å². The number of carboxylic acid groups (broad SMARTS) is 1. The second-order valence-corrected chi connectivity index (χ2v) is 5.07. The number of carbonyl (C=O) groups is 1. The molecule has 7 heteroatoms. The maximum atomic E-state index is 11.3. The Kier molecular flexibility index (Phi) is 3.61. The molecule has 102 valence electrons. The van der Waals surface area contributed by atoms with E-state index in [0.29, 0.717) is 18.0 Å². The van der Waals surface area contributed by atoms with Crippen LogP contribution in [0.15, 0.2) is 18.2 Å². The fourth-order valence-corrected chi connectivity index (χ4v) is 2.64. The van der Waals surface area contributed by atoms with Crippen LogP contribution in [0.2, 0.25) is 5.02 Å². The molecule has 0 amide bonds. The summed E-state index contributed by atoms with van der Waals surface area (Å²) in [5, 5.41) is 20.7. The van der Waals surface area contributed by atoms with Crippen molar-refractivity contribution in [3.8, 4) is 0 Å². The summed E-state index contributed by atoms with van der Waals surface area (Å²) in [6.45, 7) is 2.30. The molecule has 1 aliphatic rings. The van der Waals surface area contributed by atoms with Crippen LogP contribution in [0.4, 0.5) is 11.4 Å². The number of rotatable bonds is 3. The Morgan fingerprint density at radius 3 is 2.84 bits per heavy atom. The summed E-state index contributed by atoms with van der Waals surface area (Å²) in [5.41, 5.74) is 0.152. The van der Waals surface area contributed by atoms with Crippen LogP contribution in [0.3, 0.4) is 0 Å². The highest BCUT2D eigenvalue weighted by atomic mass is 35.5. The molecule has 2 rings (SSSR count). The van der Waals surface area contributed by atoms with Gasteiger partial charge in [-0.3, -0.25) is 10.1 Å². The van der Waals surface area contributed by atoms with Gasteiger partial charge in [-0.25, -0.2) is 4.79 Å². The standard InChI is InChI=1S/C12H13ClN2O4/c1-7-4-5-14(11(7)12(16)17)10-6-8(13)2-3-9(10)15(18)19/h2-3,6-7,11H,4-5H2,1H3,(H,16,17). The molecular formula is C12H13ClN2O4.